The zero-order valence-electron chi connectivity index (χ0n) is 23.7. The molecule has 1 aliphatic heterocycles. The molecule has 36 heavy (non-hydrogen) atoms. The van der Waals surface area contributed by atoms with E-state index in [9.17, 15) is 5.11 Å². The van der Waals surface area contributed by atoms with E-state index in [2.05, 4.69) is 55.5 Å². The normalized spacial score (nSPS) is 19.2. The molecular weight excluding hydrogens is 487 g/mol. The van der Waals surface area contributed by atoms with Crippen LogP contribution in [0.3, 0.4) is 0 Å². The fourth-order valence-electron chi connectivity index (χ4n) is 5.30. The highest BCUT2D eigenvalue weighted by Crippen LogP contribution is 2.30. The molecule has 3 nitrogen and oxygen atoms in total. The van der Waals surface area contributed by atoms with Gasteiger partial charge in [-0.25, -0.2) is 0 Å². The van der Waals surface area contributed by atoms with Crippen LogP contribution >= 0.6 is 24.8 Å². The minimum absolute atomic E-state index is 0. The molecule has 1 saturated heterocycles. The van der Waals surface area contributed by atoms with Gasteiger partial charge < -0.3 is 5.11 Å². The molecule has 0 aliphatic carbocycles. The Bertz CT molecular complexity index is 729. The monoisotopic (exact) mass is 540 g/mol. The molecule has 1 aliphatic rings. The summed E-state index contributed by atoms with van der Waals surface area (Å²) in [6.45, 7) is 13.1. The van der Waals surface area contributed by atoms with Gasteiger partial charge in [0.1, 0.15) is 5.60 Å². The SMILES string of the molecule is CC(C)CCCC(C)CCCC(C)CCCC(C)(O)C#CCN1CCCCC1c1cccnc1.Cl.Cl. The quantitative estimate of drug-likeness (QED) is 0.240. The van der Waals surface area contributed by atoms with E-state index in [4.69, 9.17) is 0 Å². The van der Waals surface area contributed by atoms with E-state index in [1.807, 2.05) is 25.4 Å². The molecule has 2 rings (SSSR count). The summed E-state index contributed by atoms with van der Waals surface area (Å²) in [5.74, 6) is 8.93. The van der Waals surface area contributed by atoms with Crippen molar-refractivity contribution < 1.29 is 5.11 Å². The second-order valence-corrected chi connectivity index (χ2v) is 11.7. The van der Waals surface area contributed by atoms with Gasteiger partial charge in [-0.3, -0.25) is 9.88 Å². The Morgan fingerprint density at radius 3 is 2.25 bits per heavy atom. The first-order valence-electron chi connectivity index (χ1n) is 14.1. The first kappa shape index (κ1) is 35.2. The van der Waals surface area contributed by atoms with Crippen LogP contribution in [0.2, 0.25) is 0 Å². The molecule has 1 fully saturated rings. The lowest BCUT2D eigenvalue weighted by Crippen LogP contribution is -2.34. The zero-order valence-corrected chi connectivity index (χ0v) is 25.3. The van der Waals surface area contributed by atoms with Crippen LogP contribution in [0, 0.1) is 29.6 Å². The largest absolute Gasteiger partial charge is 0.378 e. The molecule has 0 amide bonds. The topological polar surface area (TPSA) is 36.4 Å². The Kier molecular flexibility index (Phi) is 18.9. The van der Waals surface area contributed by atoms with Gasteiger partial charge in [-0.15, -0.1) is 24.8 Å². The van der Waals surface area contributed by atoms with Crippen LogP contribution in [0.1, 0.15) is 123 Å². The van der Waals surface area contributed by atoms with E-state index in [-0.39, 0.29) is 24.8 Å². The summed E-state index contributed by atoms with van der Waals surface area (Å²) in [6.07, 6.45) is 18.6. The summed E-state index contributed by atoms with van der Waals surface area (Å²) in [5.41, 5.74) is 0.402. The average Bonchev–Trinajstić information content (AvgIpc) is 2.79. The number of nitrogens with zero attached hydrogens (tertiary/aromatic N) is 2. The van der Waals surface area contributed by atoms with Gasteiger partial charge in [0.25, 0.3) is 0 Å². The van der Waals surface area contributed by atoms with Crippen molar-refractivity contribution in [1.82, 2.24) is 9.88 Å². The van der Waals surface area contributed by atoms with Crippen molar-refractivity contribution >= 4 is 24.8 Å². The van der Waals surface area contributed by atoms with Crippen LogP contribution in [-0.4, -0.2) is 33.7 Å². The fourth-order valence-corrected chi connectivity index (χ4v) is 5.30. The molecule has 1 aromatic heterocycles. The highest BCUT2D eigenvalue weighted by Gasteiger charge is 2.23. The summed E-state index contributed by atoms with van der Waals surface area (Å²) >= 11 is 0. The number of hydrogen-bond acceptors (Lipinski definition) is 3. The van der Waals surface area contributed by atoms with Crippen molar-refractivity contribution in [3.63, 3.8) is 0 Å². The highest BCUT2D eigenvalue weighted by molar-refractivity contribution is 5.85. The Balaban J connectivity index is 0.00000612. The predicted octanol–water partition coefficient (Wildman–Crippen LogP) is 8.65. The van der Waals surface area contributed by atoms with E-state index in [0.29, 0.717) is 6.04 Å². The Hall–Kier alpha value is -0.790. The standard InChI is InChI=1S/C31H52N2O.2ClH/c1-26(2)13-8-14-27(3)15-9-16-28(4)17-10-20-31(5,34)21-12-24-33-23-7-6-19-30(33)29-18-11-22-32-25-29;;/h11,18,22,25-28,30,34H,6-10,13-17,19-20,23-24H2,1-5H3;2*1H. The van der Waals surface area contributed by atoms with Crippen molar-refractivity contribution in [3.05, 3.63) is 30.1 Å². The van der Waals surface area contributed by atoms with E-state index in [1.54, 1.807) is 0 Å². The molecule has 1 N–H and O–H groups in total. The van der Waals surface area contributed by atoms with Crippen molar-refractivity contribution in [3.8, 4) is 11.8 Å². The molecular formula is C31H54Cl2N2O. The van der Waals surface area contributed by atoms with Crippen molar-refractivity contribution in [1.29, 1.82) is 0 Å². The average molecular weight is 542 g/mol. The number of aromatic nitrogens is 1. The summed E-state index contributed by atoms with van der Waals surface area (Å²) < 4.78 is 0. The van der Waals surface area contributed by atoms with Gasteiger partial charge in [0.2, 0.25) is 0 Å². The van der Waals surface area contributed by atoms with Crippen LogP contribution in [0.5, 0.6) is 0 Å². The van der Waals surface area contributed by atoms with Crippen molar-refractivity contribution in [2.45, 2.75) is 123 Å². The molecule has 0 aromatic carbocycles. The molecule has 4 unspecified atom stereocenters. The number of likely N-dealkylation sites (tertiary alicyclic amines) is 1. The molecule has 5 heteroatoms. The van der Waals surface area contributed by atoms with E-state index in [0.717, 1.165) is 43.7 Å². The third-order valence-electron chi connectivity index (χ3n) is 7.56. The molecule has 0 saturated carbocycles. The van der Waals surface area contributed by atoms with Gasteiger partial charge in [0.05, 0.1) is 6.54 Å². The summed E-state index contributed by atoms with van der Waals surface area (Å²) in [4.78, 5) is 6.76. The molecule has 1 aromatic rings. The first-order valence-corrected chi connectivity index (χ1v) is 14.1. The van der Waals surface area contributed by atoms with Gasteiger partial charge in [-0.2, -0.15) is 0 Å². The Morgan fingerprint density at radius 1 is 1.00 bits per heavy atom. The van der Waals surface area contributed by atoms with Crippen LogP contribution in [0.25, 0.3) is 0 Å². The molecule has 0 radical (unpaired) electrons. The van der Waals surface area contributed by atoms with Gasteiger partial charge in [-0.05, 0) is 68.5 Å². The Morgan fingerprint density at radius 2 is 1.64 bits per heavy atom. The minimum Gasteiger partial charge on any atom is -0.378 e. The number of pyridine rings is 1. The highest BCUT2D eigenvalue weighted by atomic mass is 35.5. The molecule has 4 atom stereocenters. The van der Waals surface area contributed by atoms with Crippen LogP contribution in [-0.2, 0) is 0 Å². The third-order valence-corrected chi connectivity index (χ3v) is 7.56. The van der Waals surface area contributed by atoms with E-state index < -0.39 is 5.60 Å². The lowest BCUT2D eigenvalue weighted by atomic mass is 9.90. The molecule has 2 heterocycles. The lowest BCUT2D eigenvalue weighted by Gasteiger charge is -2.34. The van der Waals surface area contributed by atoms with Gasteiger partial charge >= 0.3 is 0 Å². The summed E-state index contributed by atoms with van der Waals surface area (Å²) in [5, 5.41) is 10.8. The second kappa shape index (κ2) is 19.3. The van der Waals surface area contributed by atoms with Gasteiger partial charge in [0.15, 0.2) is 0 Å². The third kappa shape index (κ3) is 14.8. The maximum atomic E-state index is 10.8. The minimum atomic E-state index is -0.885. The number of rotatable bonds is 14. The van der Waals surface area contributed by atoms with Gasteiger partial charge in [-0.1, -0.05) is 97.0 Å². The molecule has 0 bridgehead atoms. The van der Waals surface area contributed by atoms with Crippen LogP contribution in [0.4, 0.5) is 0 Å². The predicted molar refractivity (Wildman–Crippen MR) is 160 cm³/mol. The maximum Gasteiger partial charge on any atom is 0.122 e. The Labute approximate surface area is 235 Å². The second-order valence-electron chi connectivity index (χ2n) is 11.7. The van der Waals surface area contributed by atoms with E-state index >= 15 is 0 Å². The summed E-state index contributed by atoms with van der Waals surface area (Å²) in [6, 6.07) is 4.60. The smallest absolute Gasteiger partial charge is 0.122 e. The zero-order chi connectivity index (χ0) is 24.8. The van der Waals surface area contributed by atoms with Crippen LogP contribution in [0.15, 0.2) is 24.5 Å². The summed E-state index contributed by atoms with van der Waals surface area (Å²) in [7, 11) is 0. The van der Waals surface area contributed by atoms with E-state index in [1.165, 1.54) is 69.8 Å². The maximum absolute atomic E-state index is 10.8. The fraction of sp³-hybridized carbons (Fsp3) is 0.774. The number of halogens is 2. The molecule has 208 valence electrons. The lowest BCUT2D eigenvalue weighted by molar-refractivity contribution is 0.107. The van der Waals surface area contributed by atoms with Crippen molar-refractivity contribution in [2.75, 3.05) is 13.1 Å². The van der Waals surface area contributed by atoms with Crippen molar-refractivity contribution in [2.24, 2.45) is 17.8 Å². The molecule has 0 spiro atoms. The number of hydrogen-bond donors (Lipinski definition) is 1. The number of aliphatic hydroxyl groups is 1. The first-order chi connectivity index (χ1) is 16.3. The number of piperidine rings is 1. The van der Waals surface area contributed by atoms with Crippen LogP contribution < -0.4 is 0 Å². The van der Waals surface area contributed by atoms with Gasteiger partial charge in [0, 0.05) is 18.4 Å².